The van der Waals surface area contributed by atoms with Crippen molar-refractivity contribution in [3.05, 3.63) is 63.7 Å². The molecule has 0 radical (unpaired) electrons. The summed E-state index contributed by atoms with van der Waals surface area (Å²) in [5.41, 5.74) is 3.42. The average Bonchev–Trinajstić information content (AvgIpc) is 2.87. The number of aryl methyl sites for hydroxylation is 3. The molecule has 0 aliphatic heterocycles. The van der Waals surface area contributed by atoms with Gasteiger partial charge in [0.25, 0.3) is 5.91 Å². The van der Waals surface area contributed by atoms with E-state index in [4.69, 9.17) is 16.3 Å². The SMILES string of the molecule is CCCCCCN(C(=O)C(CC(C)C)NC(=O)OC(C)(C)C)C(C(=O)Nc1c(C)cccc1Cl)c1ccc(C)c(C)c1. The molecule has 0 aromatic heterocycles. The first kappa shape index (κ1) is 35.1. The van der Waals surface area contributed by atoms with Crippen molar-refractivity contribution >= 4 is 35.2 Å². The van der Waals surface area contributed by atoms with E-state index >= 15 is 0 Å². The molecule has 2 aromatic rings. The fraction of sp³-hybridized carbons (Fsp3) is 0.559. The highest BCUT2D eigenvalue weighted by Crippen LogP contribution is 2.31. The molecule has 0 heterocycles. The zero-order chi connectivity index (χ0) is 31.6. The standard InChI is InChI=1S/C34H50ClN3O4/c1-10-11-12-13-19-38(32(40)28(20-22(2)3)36-33(41)42-34(7,8)9)30(26-18-17-23(4)25(6)21-26)31(39)37-29-24(5)15-14-16-27(29)35/h14-18,21-22,28,30H,10-13,19-20H2,1-9H3,(H,36,41)(H,37,39). The normalized spacial score (nSPS) is 12.9. The van der Waals surface area contributed by atoms with E-state index < -0.39 is 23.8 Å². The van der Waals surface area contributed by atoms with E-state index in [-0.39, 0.29) is 17.7 Å². The molecular formula is C34H50ClN3O4. The summed E-state index contributed by atoms with van der Waals surface area (Å²) >= 11 is 6.49. The lowest BCUT2D eigenvalue weighted by atomic mass is 9.96. The lowest BCUT2D eigenvalue weighted by Crippen LogP contribution is -2.53. The molecule has 0 aliphatic rings. The third-order valence-corrected chi connectivity index (χ3v) is 7.42. The third-order valence-electron chi connectivity index (χ3n) is 7.11. The van der Waals surface area contributed by atoms with Gasteiger partial charge in [-0.3, -0.25) is 9.59 Å². The van der Waals surface area contributed by atoms with Gasteiger partial charge in [-0.15, -0.1) is 0 Å². The van der Waals surface area contributed by atoms with Gasteiger partial charge < -0.3 is 20.3 Å². The smallest absolute Gasteiger partial charge is 0.408 e. The summed E-state index contributed by atoms with van der Waals surface area (Å²) in [6.45, 7) is 17.7. The number of halogens is 1. The Kier molecular flexibility index (Phi) is 13.4. The van der Waals surface area contributed by atoms with E-state index in [0.717, 1.165) is 42.4 Å². The topological polar surface area (TPSA) is 87.7 Å². The van der Waals surface area contributed by atoms with Crippen LogP contribution in [0.1, 0.15) is 102 Å². The van der Waals surface area contributed by atoms with Crippen LogP contribution in [0.25, 0.3) is 0 Å². The van der Waals surface area contributed by atoms with Gasteiger partial charge in [-0.2, -0.15) is 0 Å². The van der Waals surface area contributed by atoms with Crippen LogP contribution in [0.15, 0.2) is 36.4 Å². The van der Waals surface area contributed by atoms with E-state index in [0.29, 0.717) is 29.2 Å². The Bertz CT molecular complexity index is 1200. The first-order valence-corrected chi connectivity index (χ1v) is 15.5. The minimum atomic E-state index is -0.941. The maximum atomic E-state index is 14.5. The molecule has 42 heavy (non-hydrogen) atoms. The molecule has 8 heteroatoms. The Hall–Kier alpha value is -3.06. The molecule has 3 amide bonds. The van der Waals surface area contributed by atoms with Crippen molar-refractivity contribution in [1.29, 1.82) is 0 Å². The van der Waals surface area contributed by atoms with Crippen molar-refractivity contribution in [2.45, 2.75) is 112 Å². The number of hydrogen-bond acceptors (Lipinski definition) is 4. The molecule has 0 spiro atoms. The molecule has 232 valence electrons. The molecule has 0 saturated carbocycles. The van der Waals surface area contributed by atoms with Gasteiger partial charge in [0, 0.05) is 6.54 Å². The molecule has 2 rings (SSSR count). The van der Waals surface area contributed by atoms with Gasteiger partial charge in [0.1, 0.15) is 17.7 Å². The second-order valence-electron chi connectivity index (χ2n) is 12.6. The number of rotatable bonds is 13. The Morgan fingerprint density at radius 1 is 0.952 bits per heavy atom. The predicted octanol–water partition coefficient (Wildman–Crippen LogP) is 8.29. The van der Waals surface area contributed by atoms with E-state index in [2.05, 4.69) is 17.6 Å². The van der Waals surface area contributed by atoms with E-state index in [1.807, 2.05) is 65.0 Å². The van der Waals surface area contributed by atoms with Crippen LogP contribution in [0.4, 0.5) is 10.5 Å². The first-order valence-electron chi connectivity index (χ1n) is 15.1. The largest absolute Gasteiger partial charge is 0.444 e. The maximum Gasteiger partial charge on any atom is 0.408 e. The average molecular weight is 600 g/mol. The highest BCUT2D eigenvalue weighted by molar-refractivity contribution is 6.34. The lowest BCUT2D eigenvalue weighted by Gasteiger charge is -2.35. The number of amides is 3. The van der Waals surface area contributed by atoms with Gasteiger partial charge in [-0.05, 0) is 88.6 Å². The van der Waals surface area contributed by atoms with Gasteiger partial charge in [0.15, 0.2) is 0 Å². The molecule has 0 saturated heterocycles. The van der Waals surface area contributed by atoms with Crippen molar-refractivity contribution in [1.82, 2.24) is 10.2 Å². The summed E-state index contributed by atoms with van der Waals surface area (Å²) in [7, 11) is 0. The van der Waals surface area contributed by atoms with Crippen LogP contribution in [0, 0.1) is 26.7 Å². The van der Waals surface area contributed by atoms with Crippen LogP contribution in [0.2, 0.25) is 5.02 Å². The van der Waals surface area contributed by atoms with E-state index in [9.17, 15) is 14.4 Å². The van der Waals surface area contributed by atoms with Crippen LogP contribution in [0.3, 0.4) is 0 Å². The predicted molar refractivity (Wildman–Crippen MR) is 172 cm³/mol. The number of carbonyl (C=O) groups excluding carboxylic acids is 3. The van der Waals surface area contributed by atoms with Crippen molar-refractivity contribution in [3.63, 3.8) is 0 Å². The summed E-state index contributed by atoms with van der Waals surface area (Å²) in [5, 5.41) is 6.26. The molecule has 0 aliphatic carbocycles. The zero-order valence-corrected chi connectivity index (χ0v) is 27.7. The molecule has 2 unspecified atom stereocenters. The van der Waals surface area contributed by atoms with Crippen LogP contribution >= 0.6 is 11.6 Å². The number of anilines is 1. The lowest BCUT2D eigenvalue weighted by molar-refractivity contribution is -0.141. The zero-order valence-electron chi connectivity index (χ0n) is 26.9. The highest BCUT2D eigenvalue weighted by atomic mass is 35.5. The van der Waals surface area contributed by atoms with Crippen LogP contribution in [-0.4, -0.2) is 41.0 Å². The van der Waals surface area contributed by atoms with Crippen molar-refractivity contribution in [3.8, 4) is 0 Å². The van der Waals surface area contributed by atoms with Crippen molar-refractivity contribution in [2.24, 2.45) is 5.92 Å². The minimum absolute atomic E-state index is 0.107. The number of nitrogens with one attached hydrogen (secondary N) is 2. The molecule has 2 aromatic carbocycles. The number of ether oxygens (including phenoxy) is 1. The fourth-order valence-electron chi connectivity index (χ4n) is 4.81. The van der Waals surface area contributed by atoms with Crippen LogP contribution < -0.4 is 10.6 Å². The Labute approximate surface area is 257 Å². The van der Waals surface area contributed by atoms with E-state index in [1.54, 1.807) is 31.7 Å². The number of nitrogens with zero attached hydrogens (tertiary/aromatic N) is 1. The minimum Gasteiger partial charge on any atom is -0.444 e. The second kappa shape index (κ2) is 16.0. The Balaban J connectivity index is 2.62. The maximum absolute atomic E-state index is 14.5. The van der Waals surface area contributed by atoms with Crippen molar-refractivity contribution in [2.75, 3.05) is 11.9 Å². The third kappa shape index (κ3) is 10.6. The molecule has 2 atom stereocenters. The van der Waals surface area contributed by atoms with Gasteiger partial charge in [-0.1, -0.05) is 82.0 Å². The number of alkyl carbamates (subject to hydrolysis) is 1. The molecule has 0 fully saturated rings. The van der Waals surface area contributed by atoms with E-state index in [1.165, 1.54) is 0 Å². The van der Waals surface area contributed by atoms with Gasteiger partial charge in [-0.25, -0.2) is 4.79 Å². The summed E-state index contributed by atoms with van der Waals surface area (Å²) in [4.78, 5) is 43.2. The number of carbonyl (C=O) groups is 3. The summed E-state index contributed by atoms with van der Waals surface area (Å²) < 4.78 is 5.50. The van der Waals surface area contributed by atoms with Crippen molar-refractivity contribution < 1.29 is 19.1 Å². The molecule has 2 N–H and O–H groups in total. The fourth-order valence-corrected chi connectivity index (χ4v) is 5.08. The summed E-state index contributed by atoms with van der Waals surface area (Å²) in [6, 6.07) is 9.46. The molecule has 7 nitrogen and oxygen atoms in total. The molecule has 0 bridgehead atoms. The van der Waals surface area contributed by atoms with Crippen LogP contribution in [0.5, 0.6) is 0 Å². The monoisotopic (exact) mass is 599 g/mol. The van der Waals surface area contributed by atoms with Gasteiger partial charge in [0.05, 0.1) is 10.7 Å². The molecular weight excluding hydrogens is 550 g/mol. The second-order valence-corrected chi connectivity index (χ2v) is 13.0. The quantitative estimate of drug-likeness (QED) is 0.227. The number of hydrogen-bond donors (Lipinski definition) is 2. The summed E-state index contributed by atoms with van der Waals surface area (Å²) in [5.74, 6) is -0.574. The highest BCUT2D eigenvalue weighted by Gasteiger charge is 2.37. The van der Waals surface area contributed by atoms with Crippen LogP contribution in [-0.2, 0) is 14.3 Å². The Morgan fingerprint density at radius 3 is 2.21 bits per heavy atom. The Morgan fingerprint density at radius 2 is 1.64 bits per heavy atom. The summed E-state index contributed by atoms with van der Waals surface area (Å²) in [6.07, 6.45) is 3.43. The van der Waals surface area contributed by atoms with Gasteiger partial charge in [0.2, 0.25) is 5.91 Å². The first-order chi connectivity index (χ1) is 19.6. The number of benzene rings is 2. The van der Waals surface area contributed by atoms with Gasteiger partial charge >= 0.3 is 6.09 Å². The number of unbranched alkanes of at least 4 members (excludes halogenated alkanes) is 3. The number of para-hydroxylation sites is 1.